The van der Waals surface area contributed by atoms with Gasteiger partial charge in [-0.3, -0.25) is 14.9 Å². The molecule has 0 aliphatic heterocycles. The van der Waals surface area contributed by atoms with Crippen molar-refractivity contribution in [3.63, 3.8) is 0 Å². The lowest BCUT2D eigenvalue weighted by molar-refractivity contribution is -0.383. The molecule has 25 heavy (non-hydrogen) atoms. The standard InChI is InChI=1S/C16H18N4O4S/c21-14(17-12-8-4-5-9-13(12)20(22)23)10-25-16-19-18-15(24-16)11-6-2-1-3-7-11/h4-5,8-9,11H,1-3,6-7,10H2,(H,17,21). The lowest BCUT2D eigenvalue weighted by atomic mass is 9.89. The van der Waals surface area contributed by atoms with Gasteiger partial charge in [0.15, 0.2) is 0 Å². The largest absolute Gasteiger partial charge is 0.416 e. The van der Waals surface area contributed by atoms with Gasteiger partial charge in [-0.25, -0.2) is 0 Å². The van der Waals surface area contributed by atoms with E-state index < -0.39 is 4.92 Å². The number of rotatable bonds is 6. The third-order valence-corrected chi connectivity index (χ3v) is 4.90. The monoisotopic (exact) mass is 362 g/mol. The average molecular weight is 362 g/mol. The molecule has 9 heteroatoms. The summed E-state index contributed by atoms with van der Waals surface area (Å²) in [6.45, 7) is 0. The lowest BCUT2D eigenvalue weighted by Crippen LogP contribution is -2.15. The molecule has 1 aromatic carbocycles. The van der Waals surface area contributed by atoms with Gasteiger partial charge in [0.1, 0.15) is 5.69 Å². The first kappa shape index (κ1) is 17.4. The first-order valence-electron chi connectivity index (χ1n) is 8.13. The second-order valence-electron chi connectivity index (χ2n) is 5.85. The fourth-order valence-corrected chi connectivity index (χ4v) is 3.41. The van der Waals surface area contributed by atoms with Crippen LogP contribution in [-0.4, -0.2) is 26.8 Å². The molecule has 132 valence electrons. The number of hydrogen-bond donors (Lipinski definition) is 1. The van der Waals surface area contributed by atoms with E-state index >= 15 is 0 Å². The van der Waals surface area contributed by atoms with Crippen LogP contribution in [0.15, 0.2) is 33.9 Å². The van der Waals surface area contributed by atoms with Crippen LogP contribution in [0.4, 0.5) is 11.4 Å². The summed E-state index contributed by atoms with van der Waals surface area (Å²) in [6.07, 6.45) is 5.72. The molecule has 1 aliphatic carbocycles. The van der Waals surface area contributed by atoms with Crippen molar-refractivity contribution in [2.75, 3.05) is 11.1 Å². The van der Waals surface area contributed by atoms with Crippen molar-refractivity contribution in [1.82, 2.24) is 10.2 Å². The number of carbonyl (C=O) groups excluding carboxylic acids is 1. The predicted molar refractivity (Wildman–Crippen MR) is 92.6 cm³/mol. The van der Waals surface area contributed by atoms with Crippen molar-refractivity contribution in [2.24, 2.45) is 0 Å². The highest BCUT2D eigenvalue weighted by Gasteiger charge is 2.22. The van der Waals surface area contributed by atoms with Crippen LogP contribution in [-0.2, 0) is 4.79 Å². The van der Waals surface area contributed by atoms with E-state index in [1.807, 2.05) is 0 Å². The van der Waals surface area contributed by atoms with Crippen LogP contribution in [0.2, 0.25) is 0 Å². The molecule has 0 spiro atoms. The fourth-order valence-electron chi connectivity index (χ4n) is 2.85. The van der Waals surface area contributed by atoms with Gasteiger partial charge < -0.3 is 9.73 Å². The molecular formula is C16H18N4O4S. The number of benzene rings is 1. The van der Waals surface area contributed by atoms with Crippen molar-refractivity contribution in [2.45, 2.75) is 43.2 Å². The summed E-state index contributed by atoms with van der Waals surface area (Å²) in [4.78, 5) is 22.4. The number of amides is 1. The first-order chi connectivity index (χ1) is 12.1. The van der Waals surface area contributed by atoms with E-state index in [1.165, 1.54) is 31.4 Å². The molecule has 1 heterocycles. The molecule has 0 bridgehead atoms. The molecule has 1 saturated carbocycles. The SMILES string of the molecule is O=C(CSc1nnc(C2CCCCC2)o1)Nc1ccccc1[N+](=O)[O-]. The van der Waals surface area contributed by atoms with E-state index in [4.69, 9.17) is 4.42 Å². The average Bonchev–Trinajstić information content (AvgIpc) is 3.10. The van der Waals surface area contributed by atoms with Gasteiger partial charge in [0, 0.05) is 12.0 Å². The number of nitro groups is 1. The van der Waals surface area contributed by atoms with E-state index in [0.717, 1.165) is 24.6 Å². The van der Waals surface area contributed by atoms with Gasteiger partial charge in [-0.15, -0.1) is 10.2 Å². The summed E-state index contributed by atoms with van der Waals surface area (Å²) >= 11 is 1.12. The Morgan fingerprint density at radius 1 is 1.28 bits per heavy atom. The molecule has 0 atom stereocenters. The maximum Gasteiger partial charge on any atom is 0.292 e. The molecule has 1 N–H and O–H groups in total. The van der Waals surface area contributed by atoms with E-state index in [-0.39, 0.29) is 23.0 Å². The molecule has 0 unspecified atom stereocenters. The Morgan fingerprint density at radius 2 is 2.04 bits per heavy atom. The van der Waals surface area contributed by atoms with Crippen LogP contribution >= 0.6 is 11.8 Å². The zero-order valence-electron chi connectivity index (χ0n) is 13.5. The Kier molecular flexibility index (Phi) is 5.64. The molecule has 0 saturated heterocycles. The van der Waals surface area contributed by atoms with Gasteiger partial charge in [0.2, 0.25) is 11.8 Å². The summed E-state index contributed by atoms with van der Waals surface area (Å²) in [5, 5.41) is 21.9. The molecule has 1 fully saturated rings. The number of carbonyl (C=O) groups is 1. The van der Waals surface area contributed by atoms with Crippen LogP contribution in [0.5, 0.6) is 0 Å². The number of nitrogens with zero attached hydrogens (tertiary/aromatic N) is 3. The Balaban J connectivity index is 1.54. The van der Waals surface area contributed by atoms with Crippen molar-refractivity contribution < 1.29 is 14.1 Å². The van der Waals surface area contributed by atoms with Gasteiger partial charge in [0.05, 0.1) is 10.7 Å². The minimum Gasteiger partial charge on any atom is -0.416 e. The minimum atomic E-state index is -0.531. The van der Waals surface area contributed by atoms with Crippen LogP contribution in [0.1, 0.15) is 43.9 Å². The highest BCUT2D eigenvalue weighted by molar-refractivity contribution is 7.99. The fraction of sp³-hybridized carbons (Fsp3) is 0.438. The molecule has 2 aromatic rings. The normalized spacial score (nSPS) is 15.0. The van der Waals surface area contributed by atoms with E-state index in [0.29, 0.717) is 17.0 Å². The molecule has 1 amide bonds. The van der Waals surface area contributed by atoms with Crippen molar-refractivity contribution in [3.8, 4) is 0 Å². The highest BCUT2D eigenvalue weighted by atomic mass is 32.2. The van der Waals surface area contributed by atoms with Gasteiger partial charge in [-0.2, -0.15) is 0 Å². The number of hydrogen-bond acceptors (Lipinski definition) is 7. The second kappa shape index (κ2) is 8.11. The maximum atomic E-state index is 12.0. The number of thioether (sulfide) groups is 1. The molecule has 0 radical (unpaired) electrons. The summed E-state index contributed by atoms with van der Waals surface area (Å²) < 4.78 is 5.64. The smallest absolute Gasteiger partial charge is 0.292 e. The summed E-state index contributed by atoms with van der Waals surface area (Å²) in [5.74, 6) is 0.632. The number of nitrogens with one attached hydrogen (secondary N) is 1. The van der Waals surface area contributed by atoms with Gasteiger partial charge >= 0.3 is 0 Å². The zero-order chi connectivity index (χ0) is 17.6. The quantitative estimate of drug-likeness (QED) is 0.473. The van der Waals surface area contributed by atoms with Crippen LogP contribution in [0.3, 0.4) is 0 Å². The zero-order valence-corrected chi connectivity index (χ0v) is 14.3. The Morgan fingerprint density at radius 3 is 2.80 bits per heavy atom. The predicted octanol–water partition coefficient (Wildman–Crippen LogP) is 3.76. The van der Waals surface area contributed by atoms with Crippen LogP contribution in [0.25, 0.3) is 0 Å². The van der Waals surface area contributed by atoms with E-state index in [1.54, 1.807) is 12.1 Å². The molecule has 3 rings (SSSR count). The summed E-state index contributed by atoms with van der Waals surface area (Å²) in [5.41, 5.74) is 0.0322. The topological polar surface area (TPSA) is 111 Å². The van der Waals surface area contributed by atoms with Crippen LogP contribution in [0, 0.1) is 10.1 Å². The van der Waals surface area contributed by atoms with Gasteiger partial charge in [-0.1, -0.05) is 43.2 Å². The summed E-state index contributed by atoms with van der Waals surface area (Å²) in [7, 11) is 0. The number of aromatic nitrogens is 2. The van der Waals surface area contributed by atoms with E-state index in [9.17, 15) is 14.9 Å². The Bertz CT molecular complexity index is 758. The van der Waals surface area contributed by atoms with Crippen molar-refractivity contribution >= 4 is 29.0 Å². The Hall–Kier alpha value is -2.42. The molecular weight excluding hydrogens is 344 g/mol. The number of para-hydroxylation sites is 2. The first-order valence-corrected chi connectivity index (χ1v) is 9.11. The summed E-state index contributed by atoms with van der Waals surface area (Å²) in [6, 6.07) is 6.02. The number of anilines is 1. The van der Waals surface area contributed by atoms with E-state index in [2.05, 4.69) is 15.5 Å². The van der Waals surface area contributed by atoms with Crippen LogP contribution < -0.4 is 5.32 Å². The van der Waals surface area contributed by atoms with Crippen molar-refractivity contribution in [3.05, 3.63) is 40.3 Å². The molecule has 1 aliphatic rings. The second-order valence-corrected chi connectivity index (χ2v) is 6.78. The number of nitro benzene ring substituents is 1. The molecule has 1 aromatic heterocycles. The highest BCUT2D eigenvalue weighted by Crippen LogP contribution is 2.33. The van der Waals surface area contributed by atoms with Gasteiger partial charge in [-0.05, 0) is 18.9 Å². The minimum absolute atomic E-state index is 0.0400. The third kappa shape index (κ3) is 4.56. The third-order valence-electron chi connectivity index (χ3n) is 4.08. The maximum absolute atomic E-state index is 12.0. The lowest BCUT2D eigenvalue weighted by Gasteiger charge is -2.17. The van der Waals surface area contributed by atoms with Crippen molar-refractivity contribution in [1.29, 1.82) is 0 Å². The van der Waals surface area contributed by atoms with Gasteiger partial charge in [0.25, 0.3) is 10.9 Å². The molecule has 8 nitrogen and oxygen atoms in total. The Labute approximate surface area is 148 Å².